The summed E-state index contributed by atoms with van der Waals surface area (Å²) in [4.78, 5) is 32.1. The van der Waals surface area contributed by atoms with Gasteiger partial charge in [-0.25, -0.2) is 0 Å². The van der Waals surface area contributed by atoms with Crippen LogP contribution in [0.2, 0.25) is 0 Å². The fourth-order valence-electron chi connectivity index (χ4n) is 5.33. The van der Waals surface area contributed by atoms with E-state index in [4.69, 9.17) is 18.9 Å². The average Bonchev–Trinajstić information content (AvgIpc) is 3.54. The number of nitrogens with zero attached hydrogens (tertiary/aromatic N) is 3. The van der Waals surface area contributed by atoms with Gasteiger partial charge in [0, 0.05) is 64.2 Å². The summed E-state index contributed by atoms with van der Waals surface area (Å²) >= 11 is 0. The zero-order valence-electron chi connectivity index (χ0n) is 21.1. The molecule has 36 heavy (non-hydrogen) atoms. The van der Waals surface area contributed by atoms with Crippen LogP contribution in [0, 0.1) is 5.92 Å². The van der Waals surface area contributed by atoms with E-state index in [-0.39, 0.29) is 24.2 Å². The molecule has 3 aliphatic rings. The SMILES string of the molecule is COc1cc(N2CC(C(=O)N3CCN(Cc4ccc5c(c4)CCO5)CC3)CC2=O)cc(OC)c1OC. The minimum atomic E-state index is -0.361. The first-order chi connectivity index (χ1) is 17.5. The number of anilines is 1. The Bertz CT molecular complexity index is 1120. The highest BCUT2D eigenvalue weighted by molar-refractivity contribution is 6.00. The largest absolute Gasteiger partial charge is 0.493 e. The number of amides is 2. The van der Waals surface area contributed by atoms with Gasteiger partial charge in [0.2, 0.25) is 17.6 Å². The van der Waals surface area contributed by atoms with Gasteiger partial charge in [0.05, 0.1) is 39.5 Å². The highest BCUT2D eigenvalue weighted by atomic mass is 16.5. The van der Waals surface area contributed by atoms with Gasteiger partial charge in [-0.05, 0) is 17.2 Å². The van der Waals surface area contributed by atoms with Crippen LogP contribution in [0.5, 0.6) is 23.0 Å². The van der Waals surface area contributed by atoms with Crippen LogP contribution in [-0.4, -0.2) is 82.3 Å². The van der Waals surface area contributed by atoms with Crippen molar-refractivity contribution in [3.05, 3.63) is 41.5 Å². The Morgan fingerprint density at radius 3 is 2.39 bits per heavy atom. The lowest BCUT2D eigenvalue weighted by Crippen LogP contribution is -2.50. The smallest absolute Gasteiger partial charge is 0.228 e. The first-order valence-corrected chi connectivity index (χ1v) is 12.4. The van der Waals surface area contributed by atoms with E-state index in [2.05, 4.69) is 23.1 Å². The molecule has 2 amide bonds. The molecular weight excluding hydrogens is 462 g/mol. The van der Waals surface area contributed by atoms with E-state index in [9.17, 15) is 9.59 Å². The molecule has 0 bridgehead atoms. The average molecular weight is 496 g/mol. The quantitative estimate of drug-likeness (QED) is 0.583. The Kier molecular flexibility index (Phi) is 6.91. The second-order valence-electron chi connectivity index (χ2n) is 9.43. The lowest BCUT2D eigenvalue weighted by molar-refractivity contribution is -0.137. The second kappa shape index (κ2) is 10.3. The van der Waals surface area contributed by atoms with E-state index in [1.165, 1.54) is 32.5 Å². The van der Waals surface area contributed by atoms with Gasteiger partial charge in [0.15, 0.2) is 11.5 Å². The maximum atomic E-state index is 13.3. The first-order valence-electron chi connectivity index (χ1n) is 12.4. The number of methoxy groups -OCH3 is 3. The van der Waals surface area contributed by atoms with E-state index >= 15 is 0 Å². The summed E-state index contributed by atoms with van der Waals surface area (Å²) in [6, 6.07) is 9.92. The topological polar surface area (TPSA) is 80.8 Å². The molecule has 1 unspecified atom stereocenters. The summed E-state index contributed by atoms with van der Waals surface area (Å²) in [5.74, 6) is 2.02. The number of carbonyl (C=O) groups excluding carboxylic acids is 2. The third-order valence-electron chi connectivity index (χ3n) is 7.28. The van der Waals surface area contributed by atoms with Gasteiger partial charge in [-0.2, -0.15) is 0 Å². The van der Waals surface area contributed by atoms with Crippen LogP contribution < -0.4 is 23.8 Å². The fraction of sp³-hybridized carbons (Fsp3) is 0.481. The molecule has 3 heterocycles. The van der Waals surface area contributed by atoms with Gasteiger partial charge in [0.1, 0.15) is 5.75 Å². The van der Waals surface area contributed by atoms with E-state index < -0.39 is 0 Å². The van der Waals surface area contributed by atoms with Gasteiger partial charge in [-0.15, -0.1) is 0 Å². The van der Waals surface area contributed by atoms with Gasteiger partial charge < -0.3 is 28.7 Å². The molecular formula is C27H33N3O6. The van der Waals surface area contributed by atoms with Crippen molar-refractivity contribution >= 4 is 17.5 Å². The highest BCUT2D eigenvalue weighted by Gasteiger charge is 2.38. The molecule has 2 fully saturated rings. The Balaban J connectivity index is 1.19. The number of piperazine rings is 1. The lowest BCUT2D eigenvalue weighted by atomic mass is 10.1. The molecule has 5 rings (SSSR count). The van der Waals surface area contributed by atoms with E-state index in [0.29, 0.717) is 42.6 Å². The van der Waals surface area contributed by atoms with Crippen molar-refractivity contribution in [1.29, 1.82) is 0 Å². The highest BCUT2D eigenvalue weighted by Crippen LogP contribution is 2.42. The van der Waals surface area contributed by atoms with Crippen molar-refractivity contribution in [3.63, 3.8) is 0 Å². The normalized spacial score (nSPS) is 19.8. The molecule has 2 saturated heterocycles. The fourth-order valence-corrected chi connectivity index (χ4v) is 5.33. The number of hydrogen-bond donors (Lipinski definition) is 0. The van der Waals surface area contributed by atoms with Gasteiger partial charge >= 0.3 is 0 Å². The van der Waals surface area contributed by atoms with Crippen LogP contribution in [0.1, 0.15) is 17.5 Å². The van der Waals surface area contributed by atoms with Crippen LogP contribution >= 0.6 is 0 Å². The third kappa shape index (κ3) is 4.67. The van der Waals surface area contributed by atoms with Gasteiger partial charge in [0.25, 0.3) is 0 Å². The zero-order chi connectivity index (χ0) is 25.2. The molecule has 0 aromatic heterocycles. The van der Waals surface area contributed by atoms with Gasteiger partial charge in [-0.3, -0.25) is 14.5 Å². The van der Waals surface area contributed by atoms with E-state index in [0.717, 1.165) is 38.4 Å². The van der Waals surface area contributed by atoms with Crippen molar-refractivity contribution in [2.45, 2.75) is 19.4 Å². The standard InChI is InChI=1S/C27H33N3O6/c1-33-23-14-21(15-24(34-2)26(23)35-3)30-17-20(13-25(30)31)27(32)29-9-7-28(8-10-29)16-18-4-5-22-19(12-18)6-11-36-22/h4-5,12,14-15,20H,6-11,13,16-17H2,1-3H3. The predicted molar refractivity (Wildman–Crippen MR) is 134 cm³/mol. The van der Waals surface area contributed by atoms with Crippen molar-refractivity contribution in [2.75, 3.05) is 65.6 Å². The molecule has 9 heteroatoms. The van der Waals surface area contributed by atoms with Crippen molar-refractivity contribution in [1.82, 2.24) is 9.80 Å². The Morgan fingerprint density at radius 2 is 1.72 bits per heavy atom. The third-order valence-corrected chi connectivity index (χ3v) is 7.28. The Labute approximate surface area is 211 Å². The molecule has 0 radical (unpaired) electrons. The molecule has 0 N–H and O–H groups in total. The minimum absolute atomic E-state index is 0.0487. The first kappa shape index (κ1) is 24.2. The van der Waals surface area contributed by atoms with Crippen molar-refractivity contribution in [3.8, 4) is 23.0 Å². The van der Waals surface area contributed by atoms with Crippen molar-refractivity contribution < 1.29 is 28.5 Å². The van der Waals surface area contributed by atoms with Crippen LogP contribution in [0.3, 0.4) is 0 Å². The molecule has 2 aromatic rings. The summed E-state index contributed by atoms with van der Waals surface area (Å²) in [5.41, 5.74) is 3.19. The molecule has 1 atom stereocenters. The maximum absolute atomic E-state index is 13.3. The Hall–Kier alpha value is -3.46. The van der Waals surface area contributed by atoms with Crippen molar-refractivity contribution in [2.24, 2.45) is 5.92 Å². The number of benzene rings is 2. The monoisotopic (exact) mass is 495 g/mol. The number of rotatable bonds is 7. The number of hydrogen-bond acceptors (Lipinski definition) is 7. The molecule has 0 spiro atoms. The summed E-state index contributed by atoms with van der Waals surface area (Å²) in [5, 5.41) is 0. The van der Waals surface area contributed by atoms with E-state index in [1.54, 1.807) is 17.0 Å². The van der Waals surface area contributed by atoms with E-state index in [1.807, 2.05) is 4.90 Å². The lowest BCUT2D eigenvalue weighted by Gasteiger charge is -2.36. The summed E-state index contributed by atoms with van der Waals surface area (Å²) in [6.45, 7) is 4.94. The van der Waals surface area contributed by atoms with Crippen LogP contribution in [0.25, 0.3) is 0 Å². The minimum Gasteiger partial charge on any atom is -0.493 e. The Morgan fingerprint density at radius 1 is 1.00 bits per heavy atom. The second-order valence-corrected chi connectivity index (χ2v) is 9.43. The van der Waals surface area contributed by atoms with Crippen LogP contribution in [-0.2, 0) is 22.6 Å². The number of fused-ring (bicyclic) bond motifs is 1. The molecule has 9 nitrogen and oxygen atoms in total. The summed E-state index contributed by atoms with van der Waals surface area (Å²) in [7, 11) is 4.62. The number of carbonyl (C=O) groups is 2. The molecule has 3 aliphatic heterocycles. The van der Waals surface area contributed by atoms with Crippen LogP contribution in [0.4, 0.5) is 5.69 Å². The molecule has 0 aliphatic carbocycles. The molecule has 0 saturated carbocycles. The van der Waals surface area contributed by atoms with Gasteiger partial charge in [-0.1, -0.05) is 12.1 Å². The molecule has 2 aromatic carbocycles. The summed E-state index contributed by atoms with van der Waals surface area (Å²) < 4.78 is 21.8. The predicted octanol–water partition coefficient (Wildman–Crippen LogP) is 2.34. The summed E-state index contributed by atoms with van der Waals surface area (Å²) in [6.07, 6.45) is 1.17. The number of ether oxygens (including phenoxy) is 4. The zero-order valence-corrected chi connectivity index (χ0v) is 21.1. The maximum Gasteiger partial charge on any atom is 0.228 e. The molecule has 192 valence electrons. The van der Waals surface area contributed by atoms with Crippen LogP contribution in [0.15, 0.2) is 30.3 Å².